The van der Waals surface area contributed by atoms with Crippen LogP contribution in [0.15, 0.2) is 217 Å². The summed E-state index contributed by atoms with van der Waals surface area (Å²) >= 11 is 0. The molecule has 2 nitrogen and oxygen atoms in total. The summed E-state index contributed by atoms with van der Waals surface area (Å²) in [6.45, 7) is 0. The van der Waals surface area contributed by atoms with Crippen LogP contribution in [0.25, 0.3) is 43.5 Å². The van der Waals surface area contributed by atoms with Gasteiger partial charge < -0.3 is 9.32 Å². The van der Waals surface area contributed by atoms with Crippen LogP contribution in [-0.4, -0.2) is 8.07 Å². The lowest BCUT2D eigenvalue weighted by Gasteiger charge is -2.35. The second-order valence-electron chi connectivity index (χ2n) is 13.6. The molecule has 0 aliphatic carbocycles. The second kappa shape index (κ2) is 12.8. The fraction of sp³-hybridized carbons (Fsp3) is 0. The van der Waals surface area contributed by atoms with E-state index in [1.54, 1.807) is 0 Å². The Morgan fingerprint density at radius 3 is 1.43 bits per heavy atom. The molecule has 3 heteroatoms. The molecule has 53 heavy (non-hydrogen) atoms. The molecule has 1 heterocycles. The largest absolute Gasteiger partial charge is 0.455 e. The van der Waals surface area contributed by atoms with Gasteiger partial charge in [0, 0.05) is 32.6 Å². The van der Waals surface area contributed by atoms with Crippen molar-refractivity contribution in [2.24, 2.45) is 0 Å². The normalized spacial score (nSPS) is 11.8. The van der Waals surface area contributed by atoms with Crippen molar-refractivity contribution in [2.45, 2.75) is 0 Å². The predicted octanol–water partition coefficient (Wildman–Crippen LogP) is 10.7. The summed E-state index contributed by atoms with van der Waals surface area (Å²) in [5, 5.41) is 12.3. The number of hydrogen-bond donors (Lipinski definition) is 0. The van der Waals surface area contributed by atoms with Gasteiger partial charge in [-0.05, 0) is 62.5 Å². The van der Waals surface area contributed by atoms with Gasteiger partial charge >= 0.3 is 0 Å². The molecule has 0 spiro atoms. The first-order valence-corrected chi connectivity index (χ1v) is 20.2. The third kappa shape index (κ3) is 5.01. The molecule has 0 saturated heterocycles. The number of para-hydroxylation sites is 1. The van der Waals surface area contributed by atoms with Crippen LogP contribution in [0.5, 0.6) is 0 Å². The monoisotopic (exact) mass is 693 g/mol. The average molecular weight is 694 g/mol. The minimum atomic E-state index is -2.68. The Bertz CT molecular complexity index is 2780. The summed E-state index contributed by atoms with van der Waals surface area (Å²) in [7, 11) is -2.68. The van der Waals surface area contributed by atoms with Gasteiger partial charge in [0.1, 0.15) is 11.2 Å². The van der Waals surface area contributed by atoms with Gasteiger partial charge in [0.05, 0.1) is 11.4 Å². The van der Waals surface area contributed by atoms with Crippen LogP contribution < -0.4 is 25.6 Å². The SMILES string of the molecule is c1ccc([Si](c2ccccc2)(c2ccccc2)c2ccc(N(c3cccc4ccccc34)c3cccc4c3ccc3c5ccccc5oc43)cc2)cc1. The standard InChI is InChI=1S/C50H35NOSi/c1-4-18-38(19-5-1)53(39-20-6-2-7-21-39,40-22-8-3-9-23-40)41-32-30-37(31-33-41)51(47-27-14-17-36-16-10-11-24-42(36)47)48-28-15-26-45-43(48)34-35-46-44-25-12-13-29-49(44)52-50(45)46/h1-35H. The van der Waals surface area contributed by atoms with Gasteiger partial charge in [-0.2, -0.15) is 0 Å². The zero-order valence-electron chi connectivity index (χ0n) is 29.1. The zero-order chi connectivity index (χ0) is 35.2. The van der Waals surface area contributed by atoms with Gasteiger partial charge in [0.15, 0.2) is 8.07 Å². The highest BCUT2D eigenvalue weighted by molar-refractivity contribution is 7.19. The maximum absolute atomic E-state index is 6.55. The lowest BCUT2D eigenvalue weighted by molar-refractivity contribution is 0.672. The maximum atomic E-state index is 6.55. The van der Waals surface area contributed by atoms with E-state index in [0.717, 1.165) is 49.8 Å². The van der Waals surface area contributed by atoms with E-state index in [1.165, 1.54) is 31.5 Å². The predicted molar refractivity (Wildman–Crippen MR) is 227 cm³/mol. The molecule has 0 bridgehead atoms. The van der Waals surface area contributed by atoms with Crippen molar-refractivity contribution in [2.75, 3.05) is 4.90 Å². The van der Waals surface area contributed by atoms with Crippen molar-refractivity contribution in [3.8, 4) is 0 Å². The molecule has 0 fully saturated rings. The summed E-state index contributed by atoms with van der Waals surface area (Å²) in [5.41, 5.74) is 5.16. The van der Waals surface area contributed by atoms with Crippen LogP contribution in [0.4, 0.5) is 17.1 Å². The Morgan fingerprint density at radius 2 is 0.774 bits per heavy atom. The highest BCUT2D eigenvalue weighted by Crippen LogP contribution is 2.44. The zero-order valence-corrected chi connectivity index (χ0v) is 30.1. The van der Waals surface area contributed by atoms with Gasteiger partial charge in [0.25, 0.3) is 0 Å². The molecular formula is C50H35NOSi. The minimum Gasteiger partial charge on any atom is -0.455 e. The first-order valence-electron chi connectivity index (χ1n) is 18.2. The Morgan fingerprint density at radius 1 is 0.321 bits per heavy atom. The smallest absolute Gasteiger partial charge is 0.179 e. The summed E-state index contributed by atoms with van der Waals surface area (Å²) in [6, 6.07) is 77.4. The van der Waals surface area contributed by atoms with E-state index in [2.05, 4.69) is 211 Å². The van der Waals surface area contributed by atoms with Crippen molar-refractivity contribution < 1.29 is 4.42 Å². The van der Waals surface area contributed by atoms with Crippen molar-refractivity contribution in [1.82, 2.24) is 0 Å². The molecule has 10 rings (SSSR count). The topological polar surface area (TPSA) is 16.4 Å². The third-order valence-corrected chi connectivity index (χ3v) is 15.6. The molecule has 1 aromatic heterocycles. The summed E-state index contributed by atoms with van der Waals surface area (Å²) in [5.74, 6) is 0. The van der Waals surface area contributed by atoms with E-state index >= 15 is 0 Å². The van der Waals surface area contributed by atoms with Crippen LogP contribution in [0.2, 0.25) is 0 Å². The molecule has 9 aromatic carbocycles. The fourth-order valence-electron chi connectivity index (χ4n) is 8.45. The summed E-state index contributed by atoms with van der Waals surface area (Å²) in [6.07, 6.45) is 0. The van der Waals surface area contributed by atoms with E-state index in [1.807, 2.05) is 6.07 Å². The van der Waals surface area contributed by atoms with Gasteiger partial charge in [-0.1, -0.05) is 176 Å². The highest BCUT2D eigenvalue weighted by atomic mass is 28.3. The number of nitrogens with zero attached hydrogens (tertiary/aromatic N) is 1. The van der Waals surface area contributed by atoms with E-state index in [9.17, 15) is 0 Å². The molecule has 0 aliphatic heterocycles. The van der Waals surface area contributed by atoms with Crippen LogP contribution >= 0.6 is 0 Å². The van der Waals surface area contributed by atoms with Crippen molar-refractivity contribution in [1.29, 1.82) is 0 Å². The number of fused-ring (bicyclic) bond motifs is 6. The van der Waals surface area contributed by atoms with Gasteiger partial charge in [-0.15, -0.1) is 0 Å². The molecule has 0 aliphatic rings. The van der Waals surface area contributed by atoms with Crippen LogP contribution in [-0.2, 0) is 0 Å². The Hall–Kier alpha value is -6.68. The average Bonchev–Trinajstić information content (AvgIpc) is 3.63. The van der Waals surface area contributed by atoms with E-state index in [-0.39, 0.29) is 0 Å². The number of rotatable bonds is 7. The molecule has 0 radical (unpaired) electrons. The second-order valence-corrected chi connectivity index (χ2v) is 17.5. The molecule has 0 N–H and O–H groups in total. The van der Waals surface area contributed by atoms with Gasteiger partial charge in [-0.3, -0.25) is 0 Å². The van der Waals surface area contributed by atoms with E-state index in [0.29, 0.717) is 0 Å². The van der Waals surface area contributed by atoms with E-state index in [4.69, 9.17) is 4.42 Å². The first-order chi connectivity index (χ1) is 26.3. The van der Waals surface area contributed by atoms with Crippen LogP contribution in [0, 0.1) is 0 Å². The fourth-order valence-corrected chi connectivity index (χ4v) is 13.2. The first kappa shape index (κ1) is 31.1. The summed E-state index contributed by atoms with van der Waals surface area (Å²) in [4.78, 5) is 2.43. The van der Waals surface area contributed by atoms with E-state index < -0.39 is 8.07 Å². The summed E-state index contributed by atoms with van der Waals surface area (Å²) < 4.78 is 6.55. The van der Waals surface area contributed by atoms with Crippen LogP contribution in [0.1, 0.15) is 0 Å². The molecule has 0 atom stereocenters. The molecule has 0 saturated carbocycles. The quantitative estimate of drug-likeness (QED) is 0.122. The van der Waals surface area contributed by atoms with Gasteiger partial charge in [0.2, 0.25) is 0 Å². The maximum Gasteiger partial charge on any atom is 0.179 e. The van der Waals surface area contributed by atoms with Crippen molar-refractivity contribution >= 4 is 89.4 Å². The van der Waals surface area contributed by atoms with Crippen molar-refractivity contribution in [3.05, 3.63) is 212 Å². The number of benzene rings is 9. The Balaban J connectivity index is 1.22. The molecule has 0 unspecified atom stereocenters. The number of hydrogen-bond acceptors (Lipinski definition) is 2. The lowest BCUT2D eigenvalue weighted by Crippen LogP contribution is -2.74. The van der Waals surface area contributed by atoms with Gasteiger partial charge in [-0.25, -0.2) is 0 Å². The molecular weight excluding hydrogens is 659 g/mol. The Labute approximate surface area is 309 Å². The number of anilines is 3. The lowest BCUT2D eigenvalue weighted by atomic mass is 10.0. The number of furan rings is 1. The molecule has 250 valence electrons. The van der Waals surface area contributed by atoms with Crippen molar-refractivity contribution in [3.63, 3.8) is 0 Å². The molecule has 0 amide bonds. The highest BCUT2D eigenvalue weighted by Gasteiger charge is 2.41. The molecule has 10 aromatic rings. The third-order valence-electron chi connectivity index (χ3n) is 10.8. The Kier molecular flexibility index (Phi) is 7.52. The minimum absolute atomic E-state index is 0.907. The van der Waals surface area contributed by atoms with Crippen LogP contribution in [0.3, 0.4) is 0 Å².